The van der Waals surface area contributed by atoms with Gasteiger partial charge in [0.15, 0.2) is 11.5 Å². The fourth-order valence-corrected chi connectivity index (χ4v) is 4.67. The van der Waals surface area contributed by atoms with Crippen LogP contribution in [0.15, 0.2) is 76.7 Å². The Hall–Kier alpha value is -4.38. The number of hydrogen-bond acceptors (Lipinski definition) is 8. The summed E-state index contributed by atoms with van der Waals surface area (Å²) in [4.78, 5) is 24.2. The number of aryl methyl sites for hydroxylation is 2. The molecule has 1 amide bonds. The van der Waals surface area contributed by atoms with E-state index >= 15 is 0 Å². The molecule has 11 heteroatoms. The highest BCUT2D eigenvalue weighted by atomic mass is 32.2. The molecule has 0 aliphatic carbocycles. The Bertz CT molecular complexity index is 1400. The number of anilines is 1. The molecule has 194 valence electrons. The van der Waals surface area contributed by atoms with Crippen LogP contribution in [0, 0.1) is 13.8 Å². The zero-order valence-corrected chi connectivity index (χ0v) is 21.6. The van der Waals surface area contributed by atoms with Gasteiger partial charge in [0.2, 0.25) is 0 Å². The van der Waals surface area contributed by atoms with Crippen LogP contribution in [0.2, 0.25) is 0 Å². The Kier molecular flexibility index (Phi) is 8.86. The van der Waals surface area contributed by atoms with Gasteiger partial charge in [-0.05, 0) is 67.4 Å². The Morgan fingerprint density at radius 3 is 2.32 bits per heavy atom. The van der Waals surface area contributed by atoms with Crippen LogP contribution in [0.3, 0.4) is 0 Å². The first kappa shape index (κ1) is 27.2. The van der Waals surface area contributed by atoms with Crippen LogP contribution in [0.5, 0.6) is 11.5 Å². The van der Waals surface area contributed by atoms with Gasteiger partial charge in [0.25, 0.3) is 15.9 Å². The normalized spacial score (nSPS) is 11.1. The largest absolute Gasteiger partial charge is 0.513 e. The number of carbonyl (C=O) groups is 2. The van der Waals surface area contributed by atoms with E-state index in [-0.39, 0.29) is 16.4 Å². The van der Waals surface area contributed by atoms with E-state index in [2.05, 4.69) is 15.3 Å². The van der Waals surface area contributed by atoms with Crippen molar-refractivity contribution in [2.75, 3.05) is 25.1 Å². The first-order chi connectivity index (χ1) is 17.6. The Morgan fingerprint density at radius 2 is 1.68 bits per heavy atom. The van der Waals surface area contributed by atoms with Crippen LogP contribution in [0.4, 0.5) is 10.5 Å². The van der Waals surface area contributed by atoms with Crippen LogP contribution >= 0.6 is 0 Å². The van der Waals surface area contributed by atoms with E-state index in [1.807, 2.05) is 19.9 Å². The van der Waals surface area contributed by atoms with Gasteiger partial charge in [-0.3, -0.25) is 9.10 Å². The number of rotatable bonds is 9. The summed E-state index contributed by atoms with van der Waals surface area (Å²) in [5, 5.41) is 3.92. The summed E-state index contributed by atoms with van der Waals surface area (Å²) >= 11 is 0. The number of methoxy groups -OCH3 is 2. The molecule has 0 bridgehead atoms. The molecule has 37 heavy (non-hydrogen) atoms. The van der Waals surface area contributed by atoms with Gasteiger partial charge in [-0.1, -0.05) is 29.8 Å². The smallest absolute Gasteiger partial charge is 0.493 e. The summed E-state index contributed by atoms with van der Waals surface area (Å²) in [6, 6.07) is 17.9. The Morgan fingerprint density at radius 1 is 0.946 bits per heavy atom. The summed E-state index contributed by atoms with van der Waals surface area (Å²) < 4.78 is 42.6. The van der Waals surface area contributed by atoms with E-state index < -0.39 is 28.6 Å². The molecule has 0 heterocycles. The average molecular weight is 526 g/mol. The second-order valence-electron chi connectivity index (χ2n) is 7.92. The minimum absolute atomic E-state index is 0.0669. The zero-order chi connectivity index (χ0) is 27.0. The highest BCUT2D eigenvalue weighted by molar-refractivity contribution is 7.92. The van der Waals surface area contributed by atoms with E-state index in [4.69, 9.17) is 9.47 Å². The fraction of sp³-hybridized carbons (Fsp3) is 0.192. The molecule has 3 aromatic rings. The van der Waals surface area contributed by atoms with Crippen LogP contribution in [0.25, 0.3) is 0 Å². The van der Waals surface area contributed by atoms with E-state index in [1.54, 1.807) is 36.4 Å². The molecule has 0 aliphatic heterocycles. The van der Waals surface area contributed by atoms with Gasteiger partial charge >= 0.3 is 6.16 Å². The predicted octanol–water partition coefficient (Wildman–Crippen LogP) is 3.80. The zero-order valence-electron chi connectivity index (χ0n) is 20.8. The molecule has 0 saturated heterocycles. The third-order valence-corrected chi connectivity index (χ3v) is 6.92. The van der Waals surface area contributed by atoms with Crippen molar-refractivity contribution < 1.29 is 32.2 Å². The molecule has 0 spiro atoms. The fourth-order valence-electron chi connectivity index (χ4n) is 3.26. The lowest BCUT2D eigenvalue weighted by Gasteiger charge is -2.24. The summed E-state index contributed by atoms with van der Waals surface area (Å²) in [6.07, 6.45) is 0.444. The SMILES string of the molecule is COC(=O)Oc1ccc(/C=N\NC(=O)CN(c2cccc(C)c2)S(=O)(=O)c2ccc(C)cc2)cc1OC. The van der Waals surface area contributed by atoms with Gasteiger partial charge in [0, 0.05) is 0 Å². The number of amides is 1. The monoisotopic (exact) mass is 525 g/mol. The highest BCUT2D eigenvalue weighted by Gasteiger charge is 2.27. The second-order valence-corrected chi connectivity index (χ2v) is 9.79. The molecule has 0 radical (unpaired) electrons. The number of ether oxygens (including phenoxy) is 3. The molecule has 3 rings (SSSR count). The third-order valence-electron chi connectivity index (χ3n) is 5.14. The van der Waals surface area contributed by atoms with Crippen molar-refractivity contribution in [1.82, 2.24) is 5.43 Å². The van der Waals surface area contributed by atoms with Gasteiger partial charge in [0.05, 0.1) is 31.0 Å². The molecular formula is C26H27N3O7S. The molecular weight excluding hydrogens is 498 g/mol. The maximum atomic E-state index is 13.4. The number of carbonyl (C=O) groups excluding carboxylic acids is 2. The molecule has 0 atom stereocenters. The summed E-state index contributed by atoms with van der Waals surface area (Å²) in [5.41, 5.74) is 4.98. The van der Waals surface area contributed by atoms with E-state index in [0.717, 1.165) is 15.4 Å². The molecule has 0 fully saturated rings. The van der Waals surface area contributed by atoms with E-state index in [1.165, 1.54) is 44.7 Å². The van der Waals surface area contributed by atoms with Crippen molar-refractivity contribution in [3.05, 3.63) is 83.4 Å². The topological polar surface area (TPSA) is 124 Å². The van der Waals surface area contributed by atoms with Crippen LogP contribution in [-0.2, 0) is 19.6 Å². The molecule has 1 N–H and O–H groups in total. The van der Waals surface area contributed by atoms with Crippen molar-refractivity contribution in [1.29, 1.82) is 0 Å². The lowest BCUT2D eigenvalue weighted by atomic mass is 10.2. The molecule has 3 aromatic carbocycles. The van der Waals surface area contributed by atoms with Crippen LogP contribution in [-0.4, -0.2) is 47.5 Å². The second kappa shape index (κ2) is 12.0. The average Bonchev–Trinajstić information content (AvgIpc) is 2.88. The number of benzene rings is 3. The third kappa shape index (κ3) is 7.07. The molecule has 0 saturated carbocycles. The van der Waals surface area contributed by atoms with Gasteiger partial charge in [0.1, 0.15) is 6.54 Å². The number of sulfonamides is 1. The first-order valence-electron chi connectivity index (χ1n) is 11.1. The highest BCUT2D eigenvalue weighted by Crippen LogP contribution is 2.28. The maximum absolute atomic E-state index is 13.4. The van der Waals surface area contributed by atoms with Crippen molar-refractivity contribution in [2.45, 2.75) is 18.7 Å². The van der Waals surface area contributed by atoms with Gasteiger partial charge in [-0.25, -0.2) is 18.6 Å². The van der Waals surface area contributed by atoms with E-state index in [0.29, 0.717) is 11.3 Å². The molecule has 0 aromatic heterocycles. The maximum Gasteiger partial charge on any atom is 0.513 e. The number of nitrogens with zero attached hydrogens (tertiary/aromatic N) is 2. The first-order valence-corrected chi connectivity index (χ1v) is 12.5. The van der Waals surface area contributed by atoms with Crippen LogP contribution in [0.1, 0.15) is 16.7 Å². The van der Waals surface area contributed by atoms with Crippen molar-refractivity contribution >= 4 is 34.0 Å². The number of nitrogens with one attached hydrogen (secondary N) is 1. The summed E-state index contributed by atoms with van der Waals surface area (Å²) in [6.45, 7) is 3.20. The minimum atomic E-state index is -4.03. The molecule has 10 nitrogen and oxygen atoms in total. The molecule has 0 aliphatic rings. The van der Waals surface area contributed by atoms with Gasteiger partial charge in [-0.2, -0.15) is 5.10 Å². The minimum Gasteiger partial charge on any atom is -0.493 e. The van der Waals surface area contributed by atoms with Crippen molar-refractivity contribution in [2.24, 2.45) is 5.10 Å². The number of hydrogen-bond donors (Lipinski definition) is 1. The van der Waals surface area contributed by atoms with E-state index in [9.17, 15) is 18.0 Å². The summed E-state index contributed by atoms with van der Waals surface area (Å²) in [5.74, 6) is -0.257. The standard InChI is InChI=1S/C26H27N3O7S/c1-18-8-11-22(12-9-18)37(32,33)29(21-7-5-6-19(2)14-21)17-25(30)28-27-16-20-10-13-23(24(15-20)34-3)36-26(31)35-4/h5-16H,17H2,1-4H3,(H,28,30)/b27-16-. The lowest BCUT2D eigenvalue weighted by molar-refractivity contribution is -0.119. The number of hydrazone groups is 1. The van der Waals surface area contributed by atoms with Crippen molar-refractivity contribution in [3.63, 3.8) is 0 Å². The summed E-state index contributed by atoms with van der Waals surface area (Å²) in [7, 11) is -1.45. The van der Waals surface area contributed by atoms with Crippen LogP contribution < -0.4 is 19.2 Å². The lowest BCUT2D eigenvalue weighted by Crippen LogP contribution is -2.39. The molecule has 0 unspecified atom stereocenters. The van der Waals surface area contributed by atoms with Crippen molar-refractivity contribution in [3.8, 4) is 11.5 Å². The predicted molar refractivity (Wildman–Crippen MR) is 139 cm³/mol. The van der Waals surface area contributed by atoms with Gasteiger partial charge < -0.3 is 14.2 Å². The van der Waals surface area contributed by atoms with Gasteiger partial charge in [-0.15, -0.1) is 0 Å². The Labute approximate surface area is 215 Å². The quantitative estimate of drug-likeness (QED) is 0.195. The Balaban J connectivity index is 1.79.